The summed E-state index contributed by atoms with van der Waals surface area (Å²) in [5.41, 5.74) is 0.373. The fourth-order valence-electron chi connectivity index (χ4n) is 3.23. The fraction of sp³-hybridized carbons (Fsp3) is 0.750. The molecule has 0 heterocycles. The number of aliphatic carboxylic acids is 1. The van der Waals surface area contributed by atoms with Crippen LogP contribution in [-0.4, -0.2) is 23.0 Å². The summed E-state index contributed by atoms with van der Waals surface area (Å²) in [6.45, 7) is 4.52. The van der Waals surface area contributed by atoms with E-state index in [4.69, 9.17) is 0 Å². The number of amides is 1. The Balaban J connectivity index is 1.91. The van der Waals surface area contributed by atoms with E-state index in [2.05, 4.69) is 19.2 Å². The topological polar surface area (TPSA) is 66.4 Å². The second-order valence-electron chi connectivity index (χ2n) is 6.94. The first-order valence-electron chi connectivity index (χ1n) is 7.57. The monoisotopic (exact) mass is 279 g/mol. The van der Waals surface area contributed by atoms with Crippen molar-refractivity contribution in [2.24, 2.45) is 17.3 Å². The number of carboxylic acid groups (broad SMARTS) is 1. The maximum atomic E-state index is 12.3. The SMILES string of the molecule is CC1(C)CCC(NC(=O)[C@@H]2CC=CC[C@@H]2C(=O)O)CC1. The van der Waals surface area contributed by atoms with E-state index in [1.807, 2.05) is 12.2 Å². The highest BCUT2D eigenvalue weighted by atomic mass is 16.4. The lowest BCUT2D eigenvalue weighted by Crippen LogP contribution is -2.45. The summed E-state index contributed by atoms with van der Waals surface area (Å²) in [6.07, 6.45) is 9.03. The van der Waals surface area contributed by atoms with E-state index < -0.39 is 17.8 Å². The van der Waals surface area contributed by atoms with Crippen LogP contribution in [0.1, 0.15) is 52.4 Å². The van der Waals surface area contributed by atoms with Gasteiger partial charge in [0, 0.05) is 6.04 Å². The van der Waals surface area contributed by atoms with Crippen molar-refractivity contribution in [1.82, 2.24) is 5.32 Å². The van der Waals surface area contributed by atoms with Gasteiger partial charge in [-0.15, -0.1) is 0 Å². The number of carboxylic acids is 1. The van der Waals surface area contributed by atoms with Gasteiger partial charge < -0.3 is 10.4 Å². The first kappa shape index (κ1) is 15.1. The summed E-state index contributed by atoms with van der Waals surface area (Å²) in [4.78, 5) is 23.6. The predicted molar refractivity (Wildman–Crippen MR) is 77.2 cm³/mol. The average molecular weight is 279 g/mol. The average Bonchev–Trinajstić information content (AvgIpc) is 2.41. The van der Waals surface area contributed by atoms with E-state index >= 15 is 0 Å². The van der Waals surface area contributed by atoms with Gasteiger partial charge in [0.1, 0.15) is 0 Å². The third-order valence-electron chi connectivity index (χ3n) is 4.77. The van der Waals surface area contributed by atoms with Gasteiger partial charge in [0.05, 0.1) is 11.8 Å². The number of hydrogen-bond acceptors (Lipinski definition) is 2. The zero-order valence-corrected chi connectivity index (χ0v) is 12.4. The van der Waals surface area contributed by atoms with E-state index in [9.17, 15) is 14.7 Å². The molecule has 0 aromatic rings. The minimum atomic E-state index is -0.862. The molecule has 1 saturated carbocycles. The lowest BCUT2D eigenvalue weighted by Gasteiger charge is -2.35. The summed E-state index contributed by atoms with van der Waals surface area (Å²) in [7, 11) is 0. The van der Waals surface area contributed by atoms with Crippen LogP contribution in [0.4, 0.5) is 0 Å². The van der Waals surface area contributed by atoms with E-state index in [-0.39, 0.29) is 11.9 Å². The molecule has 2 N–H and O–H groups in total. The van der Waals surface area contributed by atoms with Crippen molar-refractivity contribution in [3.05, 3.63) is 12.2 Å². The molecule has 4 nitrogen and oxygen atoms in total. The molecule has 2 atom stereocenters. The number of nitrogens with one attached hydrogen (secondary N) is 1. The van der Waals surface area contributed by atoms with Gasteiger partial charge >= 0.3 is 5.97 Å². The first-order chi connectivity index (χ1) is 9.39. The van der Waals surface area contributed by atoms with E-state index in [1.165, 1.54) is 0 Å². The third-order valence-corrected chi connectivity index (χ3v) is 4.77. The zero-order valence-electron chi connectivity index (χ0n) is 12.4. The lowest BCUT2D eigenvalue weighted by atomic mass is 9.75. The quantitative estimate of drug-likeness (QED) is 0.781. The molecule has 0 spiro atoms. The predicted octanol–water partition coefficient (Wildman–Crippen LogP) is 2.74. The van der Waals surface area contributed by atoms with Crippen LogP contribution in [0, 0.1) is 17.3 Å². The lowest BCUT2D eigenvalue weighted by molar-refractivity contribution is -0.147. The molecular weight excluding hydrogens is 254 g/mol. The Morgan fingerprint density at radius 3 is 2.20 bits per heavy atom. The minimum Gasteiger partial charge on any atom is -0.481 e. The molecular formula is C16H25NO3. The van der Waals surface area contributed by atoms with Crippen molar-refractivity contribution < 1.29 is 14.7 Å². The fourth-order valence-corrected chi connectivity index (χ4v) is 3.23. The van der Waals surface area contributed by atoms with Gasteiger partial charge in [-0.05, 0) is 43.9 Å². The molecule has 0 bridgehead atoms. The second kappa shape index (κ2) is 5.98. The highest BCUT2D eigenvalue weighted by Crippen LogP contribution is 2.35. The van der Waals surface area contributed by atoms with Gasteiger partial charge in [0.25, 0.3) is 0 Å². The first-order valence-corrected chi connectivity index (χ1v) is 7.57. The van der Waals surface area contributed by atoms with Crippen LogP contribution in [0.2, 0.25) is 0 Å². The second-order valence-corrected chi connectivity index (χ2v) is 6.94. The van der Waals surface area contributed by atoms with Crippen molar-refractivity contribution in [2.45, 2.75) is 58.4 Å². The maximum absolute atomic E-state index is 12.3. The Morgan fingerprint density at radius 2 is 1.65 bits per heavy atom. The Bertz CT molecular complexity index is 404. The van der Waals surface area contributed by atoms with Gasteiger partial charge in [-0.1, -0.05) is 26.0 Å². The zero-order chi connectivity index (χ0) is 14.8. The molecule has 2 aliphatic carbocycles. The number of hydrogen-bond donors (Lipinski definition) is 2. The summed E-state index contributed by atoms with van der Waals surface area (Å²) >= 11 is 0. The highest BCUT2D eigenvalue weighted by molar-refractivity contribution is 5.85. The molecule has 1 amide bonds. The van der Waals surface area contributed by atoms with Crippen molar-refractivity contribution in [3.63, 3.8) is 0 Å². The summed E-state index contributed by atoms with van der Waals surface area (Å²) in [5, 5.41) is 12.3. The summed E-state index contributed by atoms with van der Waals surface area (Å²) in [6, 6.07) is 0.218. The Labute approximate surface area is 120 Å². The van der Waals surface area contributed by atoms with Gasteiger partial charge in [0.2, 0.25) is 5.91 Å². The molecule has 0 aromatic carbocycles. The molecule has 0 unspecified atom stereocenters. The standard InChI is InChI=1S/C16H25NO3/c1-16(2)9-7-11(8-10-16)17-14(18)12-5-3-4-6-13(12)15(19)20/h3-4,11-13H,5-10H2,1-2H3,(H,17,18)(H,19,20)/t12-,13+/m1/s1. The Kier molecular flexibility index (Phi) is 4.51. The molecule has 4 heteroatoms. The number of carbonyl (C=O) groups excluding carboxylic acids is 1. The van der Waals surface area contributed by atoms with E-state index in [0.29, 0.717) is 18.3 Å². The molecule has 2 rings (SSSR count). The minimum absolute atomic E-state index is 0.0774. The van der Waals surface area contributed by atoms with Crippen LogP contribution in [0.5, 0.6) is 0 Å². The van der Waals surface area contributed by atoms with Crippen LogP contribution in [0.3, 0.4) is 0 Å². The maximum Gasteiger partial charge on any atom is 0.307 e. The van der Waals surface area contributed by atoms with Crippen molar-refractivity contribution >= 4 is 11.9 Å². The van der Waals surface area contributed by atoms with Crippen LogP contribution in [0.15, 0.2) is 12.2 Å². The van der Waals surface area contributed by atoms with Gasteiger partial charge in [-0.25, -0.2) is 0 Å². The van der Waals surface area contributed by atoms with Crippen molar-refractivity contribution in [1.29, 1.82) is 0 Å². The number of carbonyl (C=O) groups is 2. The van der Waals surface area contributed by atoms with E-state index in [1.54, 1.807) is 0 Å². The normalized spacial score (nSPS) is 29.9. The van der Waals surface area contributed by atoms with Crippen molar-refractivity contribution in [2.75, 3.05) is 0 Å². The molecule has 0 aliphatic heterocycles. The number of allylic oxidation sites excluding steroid dienone is 2. The van der Waals surface area contributed by atoms with Gasteiger partial charge in [-0.2, -0.15) is 0 Å². The molecule has 112 valence electrons. The van der Waals surface area contributed by atoms with Crippen LogP contribution in [0.25, 0.3) is 0 Å². The Morgan fingerprint density at radius 1 is 1.10 bits per heavy atom. The smallest absolute Gasteiger partial charge is 0.307 e. The molecule has 0 saturated heterocycles. The summed E-state index contributed by atoms with van der Waals surface area (Å²) in [5.74, 6) is -1.92. The highest BCUT2D eigenvalue weighted by Gasteiger charge is 2.35. The molecule has 0 aromatic heterocycles. The van der Waals surface area contributed by atoms with Crippen molar-refractivity contribution in [3.8, 4) is 0 Å². The molecule has 1 fully saturated rings. The molecule has 0 radical (unpaired) electrons. The number of rotatable bonds is 3. The van der Waals surface area contributed by atoms with Gasteiger partial charge in [0.15, 0.2) is 0 Å². The van der Waals surface area contributed by atoms with Crippen LogP contribution < -0.4 is 5.32 Å². The van der Waals surface area contributed by atoms with Crippen LogP contribution in [-0.2, 0) is 9.59 Å². The third kappa shape index (κ3) is 3.62. The van der Waals surface area contributed by atoms with Gasteiger partial charge in [-0.3, -0.25) is 9.59 Å². The molecule has 20 heavy (non-hydrogen) atoms. The van der Waals surface area contributed by atoms with Crippen LogP contribution >= 0.6 is 0 Å². The largest absolute Gasteiger partial charge is 0.481 e. The van der Waals surface area contributed by atoms with E-state index in [0.717, 1.165) is 25.7 Å². The molecule has 2 aliphatic rings. The summed E-state index contributed by atoms with van der Waals surface area (Å²) < 4.78 is 0. The Hall–Kier alpha value is -1.32.